The predicted molar refractivity (Wildman–Crippen MR) is 38.5 cm³/mol. The number of hydrogen-bond donors (Lipinski definition) is 1. The van der Waals surface area contributed by atoms with E-state index in [1.807, 2.05) is 0 Å². The predicted octanol–water partition coefficient (Wildman–Crippen LogP) is 1.07. The molecule has 1 aliphatic carbocycles. The van der Waals surface area contributed by atoms with Crippen LogP contribution in [0.2, 0.25) is 0 Å². The Bertz CT molecular complexity index is 168. The van der Waals surface area contributed by atoms with Gasteiger partial charge < -0.3 is 5.32 Å². The summed E-state index contributed by atoms with van der Waals surface area (Å²) in [7, 11) is 0. The van der Waals surface area contributed by atoms with Crippen LogP contribution in [0.15, 0.2) is 0 Å². The Balaban J connectivity index is 2.22. The Hall–Kier alpha value is -0.530. The van der Waals surface area contributed by atoms with Crippen LogP contribution in [0.4, 0.5) is 0 Å². The molecule has 1 N–H and O–H groups in total. The van der Waals surface area contributed by atoms with Crippen molar-refractivity contribution in [1.82, 2.24) is 5.32 Å². The quantitative estimate of drug-likeness (QED) is 0.534. The molecule has 0 spiro atoms. The van der Waals surface area contributed by atoms with Crippen molar-refractivity contribution in [3.05, 3.63) is 0 Å². The summed E-state index contributed by atoms with van der Waals surface area (Å²) in [6, 6.07) is 0. The van der Waals surface area contributed by atoms with Crippen molar-refractivity contribution in [3.63, 3.8) is 0 Å². The van der Waals surface area contributed by atoms with Crippen LogP contribution in [0.1, 0.15) is 32.6 Å². The second-order valence-corrected chi connectivity index (χ2v) is 3.82. The molecule has 2 heteroatoms. The fourth-order valence-electron chi connectivity index (χ4n) is 2.04. The van der Waals surface area contributed by atoms with E-state index >= 15 is 0 Å². The highest BCUT2D eigenvalue weighted by Crippen LogP contribution is 2.36. The Labute approximate surface area is 61.0 Å². The minimum atomic E-state index is 0.159. The van der Waals surface area contributed by atoms with Gasteiger partial charge in [0.05, 0.1) is 0 Å². The molecule has 3 aliphatic rings. The topological polar surface area (TPSA) is 29.1 Å². The molecule has 1 amide bonds. The summed E-state index contributed by atoms with van der Waals surface area (Å²) in [5.41, 5.74) is 0.159. The zero-order valence-corrected chi connectivity index (χ0v) is 6.31. The van der Waals surface area contributed by atoms with E-state index in [0.717, 1.165) is 12.8 Å². The van der Waals surface area contributed by atoms with E-state index < -0.39 is 0 Å². The Kier molecular flexibility index (Phi) is 1.08. The molecule has 2 nitrogen and oxygen atoms in total. The van der Waals surface area contributed by atoms with Gasteiger partial charge in [-0.05, 0) is 32.6 Å². The maximum absolute atomic E-state index is 11.1. The molecule has 0 atom stereocenters. The van der Waals surface area contributed by atoms with Crippen molar-refractivity contribution in [2.24, 2.45) is 5.92 Å². The van der Waals surface area contributed by atoms with Gasteiger partial charge in [0.1, 0.15) is 0 Å². The van der Waals surface area contributed by atoms with E-state index in [2.05, 4.69) is 12.2 Å². The van der Waals surface area contributed by atoms with Gasteiger partial charge in [0, 0.05) is 11.5 Å². The van der Waals surface area contributed by atoms with E-state index in [1.165, 1.54) is 12.8 Å². The third-order valence-corrected chi connectivity index (χ3v) is 2.88. The minimum absolute atomic E-state index is 0.159. The number of nitrogens with one attached hydrogen (secondary N) is 1. The van der Waals surface area contributed by atoms with Crippen LogP contribution in [0.5, 0.6) is 0 Å². The molecule has 10 heavy (non-hydrogen) atoms. The minimum Gasteiger partial charge on any atom is -0.351 e. The SMILES string of the molecule is CC12CCC(CC1)C(=O)N2. The highest BCUT2D eigenvalue weighted by atomic mass is 16.2. The highest BCUT2D eigenvalue weighted by Gasteiger charge is 2.41. The standard InChI is InChI=1S/C8H13NO/c1-8-4-2-6(3-5-8)7(10)9-8/h6H,2-5H2,1H3,(H,9,10). The molecular weight excluding hydrogens is 126 g/mol. The summed E-state index contributed by atoms with van der Waals surface area (Å²) in [4.78, 5) is 11.1. The van der Waals surface area contributed by atoms with Crippen LogP contribution in [-0.4, -0.2) is 11.4 Å². The lowest BCUT2D eigenvalue weighted by Gasteiger charge is -2.44. The van der Waals surface area contributed by atoms with Crippen molar-refractivity contribution in [3.8, 4) is 0 Å². The van der Waals surface area contributed by atoms with Crippen LogP contribution in [0.3, 0.4) is 0 Å². The average molecular weight is 139 g/mol. The van der Waals surface area contributed by atoms with E-state index in [1.54, 1.807) is 0 Å². The molecule has 3 rings (SSSR count). The highest BCUT2D eigenvalue weighted by molar-refractivity contribution is 5.81. The Morgan fingerprint density at radius 1 is 1.50 bits per heavy atom. The molecule has 56 valence electrons. The van der Waals surface area contributed by atoms with Gasteiger partial charge in [0.25, 0.3) is 0 Å². The lowest BCUT2D eigenvalue weighted by Crippen LogP contribution is -2.57. The smallest absolute Gasteiger partial charge is 0.223 e. The number of piperidine rings is 2. The monoisotopic (exact) mass is 139 g/mol. The first-order valence-electron chi connectivity index (χ1n) is 4.02. The maximum atomic E-state index is 11.1. The number of rotatable bonds is 0. The van der Waals surface area contributed by atoms with E-state index in [4.69, 9.17) is 0 Å². The second-order valence-electron chi connectivity index (χ2n) is 3.82. The molecule has 0 radical (unpaired) electrons. The zero-order chi connectivity index (χ0) is 7.19. The maximum Gasteiger partial charge on any atom is 0.223 e. The summed E-state index contributed by atoms with van der Waals surface area (Å²) >= 11 is 0. The van der Waals surface area contributed by atoms with E-state index in [0.29, 0.717) is 11.8 Å². The molecule has 0 aromatic rings. The van der Waals surface area contributed by atoms with Crippen LogP contribution in [-0.2, 0) is 4.79 Å². The summed E-state index contributed by atoms with van der Waals surface area (Å²) in [6.45, 7) is 2.15. The fourth-order valence-corrected chi connectivity index (χ4v) is 2.04. The van der Waals surface area contributed by atoms with Crippen LogP contribution in [0, 0.1) is 5.92 Å². The Morgan fingerprint density at radius 3 is 2.40 bits per heavy atom. The number of hydrogen-bond acceptors (Lipinski definition) is 1. The largest absolute Gasteiger partial charge is 0.351 e. The normalized spacial score (nSPS) is 45.3. The third-order valence-electron chi connectivity index (χ3n) is 2.88. The lowest BCUT2D eigenvalue weighted by molar-refractivity contribution is -0.133. The van der Waals surface area contributed by atoms with Crippen LogP contribution in [0.25, 0.3) is 0 Å². The van der Waals surface area contributed by atoms with Gasteiger partial charge in [0.15, 0.2) is 0 Å². The molecule has 0 aromatic heterocycles. The summed E-state index contributed by atoms with van der Waals surface area (Å²) < 4.78 is 0. The molecule has 3 fully saturated rings. The molecule has 0 aromatic carbocycles. The summed E-state index contributed by atoms with van der Waals surface area (Å²) in [5, 5.41) is 3.05. The van der Waals surface area contributed by atoms with Crippen LogP contribution < -0.4 is 5.32 Å². The second kappa shape index (κ2) is 1.74. The summed E-state index contributed by atoms with van der Waals surface area (Å²) in [5.74, 6) is 0.641. The van der Waals surface area contributed by atoms with Crippen molar-refractivity contribution in [2.45, 2.75) is 38.1 Å². The van der Waals surface area contributed by atoms with Gasteiger partial charge in [-0.1, -0.05) is 0 Å². The van der Waals surface area contributed by atoms with Gasteiger partial charge >= 0.3 is 0 Å². The first kappa shape index (κ1) is 6.20. The van der Waals surface area contributed by atoms with Crippen LogP contribution >= 0.6 is 0 Å². The fraction of sp³-hybridized carbons (Fsp3) is 0.875. The van der Waals surface area contributed by atoms with E-state index in [9.17, 15) is 4.79 Å². The average Bonchev–Trinajstić information content (AvgIpc) is 1.87. The van der Waals surface area contributed by atoms with Crippen molar-refractivity contribution in [2.75, 3.05) is 0 Å². The first-order valence-corrected chi connectivity index (χ1v) is 4.02. The van der Waals surface area contributed by atoms with Gasteiger partial charge in [0.2, 0.25) is 5.91 Å². The van der Waals surface area contributed by atoms with Crippen molar-refractivity contribution < 1.29 is 4.79 Å². The molecule has 2 saturated heterocycles. The lowest BCUT2D eigenvalue weighted by atomic mass is 9.73. The molecular formula is C8H13NO. The zero-order valence-electron chi connectivity index (χ0n) is 6.31. The molecule has 0 unspecified atom stereocenters. The third kappa shape index (κ3) is 0.746. The van der Waals surface area contributed by atoms with E-state index in [-0.39, 0.29) is 5.54 Å². The van der Waals surface area contributed by atoms with Gasteiger partial charge in [-0.15, -0.1) is 0 Å². The number of carbonyl (C=O) groups excluding carboxylic acids is 1. The Morgan fingerprint density at radius 2 is 2.10 bits per heavy atom. The first-order chi connectivity index (χ1) is 4.70. The van der Waals surface area contributed by atoms with Gasteiger partial charge in [-0.3, -0.25) is 4.79 Å². The summed E-state index contributed by atoms with van der Waals surface area (Å²) in [6.07, 6.45) is 4.59. The molecule has 2 bridgehead atoms. The number of amides is 1. The molecule has 2 aliphatic heterocycles. The number of fused-ring (bicyclic) bond motifs is 3. The van der Waals surface area contributed by atoms with Gasteiger partial charge in [-0.25, -0.2) is 0 Å². The molecule has 1 saturated carbocycles. The van der Waals surface area contributed by atoms with Gasteiger partial charge in [-0.2, -0.15) is 0 Å². The molecule has 2 heterocycles. The number of carbonyl (C=O) groups is 1. The van der Waals surface area contributed by atoms with Crippen molar-refractivity contribution in [1.29, 1.82) is 0 Å². The van der Waals surface area contributed by atoms with Crippen molar-refractivity contribution >= 4 is 5.91 Å².